The fourth-order valence-electron chi connectivity index (χ4n) is 0.715. The van der Waals surface area contributed by atoms with E-state index in [2.05, 4.69) is 6.92 Å². The second kappa shape index (κ2) is 8.78. The third-order valence-electron chi connectivity index (χ3n) is 1.37. The Kier molecular flexibility index (Phi) is 8.92. The van der Waals surface area contributed by atoms with E-state index in [0.717, 1.165) is 19.4 Å². The van der Waals surface area contributed by atoms with E-state index in [0.29, 0.717) is 11.0 Å². The summed E-state index contributed by atoms with van der Waals surface area (Å²) in [6, 6.07) is 0. The maximum Gasteiger partial charge on any atom is 0.222 e. The highest BCUT2D eigenvalue weighted by atomic mass is 32.2. The van der Waals surface area contributed by atoms with Gasteiger partial charge in [0.2, 0.25) is 4.38 Å². The molecule has 0 aromatic heterocycles. The molecule has 0 saturated heterocycles. The van der Waals surface area contributed by atoms with E-state index in [9.17, 15) is 0 Å². The van der Waals surface area contributed by atoms with Crippen molar-refractivity contribution >= 4 is 28.4 Å². The van der Waals surface area contributed by atoms with Gasteiger partial charge in [0.05, 0.1) is 6.61 Å². The molecule has 0 aliphatic heterocycles. The van der Waals surface area contributed by atoms with Crippen molar-refractivity contribution in [3.05, 3.63) is 0 Å². The Morgan fingerprint density at radius 1 is 1.46 bits per heavy atom. The number of hydrogen-bond acceptors (Lipinski definition) is 4. The first-order valence-corrected chi connectivity index (χ1v) is 5.94. The zero-order valence-electron chi connectivity index (χ0n) is 8.54. The highest BCUT2D eigenvalue weighted by Gasteiger charge is 2.06. The van der Waals surface area contributed by atoms with Crippen LogP contribution in [-0.2, 0) is 9.47 Å². The van der Waals surface area contributed by atoms with E-state index in [4.69, 9.17) is 21.7 Å². The van der Waals surface area contributed by atoms with Crippen LogP contribution in [0.1, 0.15) is 33.6 Å². The maximum absolute atomic E-state index is 5.49. The van der Waals surface area contributed by atoms with E-state index in [-0.39, 0.29) is 5.44 Å². The van der Waals surface area contributed by atoms with Crippen molar-refractivity contribution in [3.63, 3.8) is 0 Å². The van der Waals surface area contributed by atoms with Gasteiger partial charge in [-0.3, -0.25) is 0 Å². The van der Waals surface area contributed by atoms with Gasteiger partial charge in [0.1, 0.15) is 5.44 Å². The van der Waals surface area contributed by atoms with E-state index < -0.39 is 0 Å². The second-order valence-corrected chi connectivity index (χ2v) is 4.49. The average molecular weight is 222 g/mol. The summed E-state index contributed by atoms with van der Waals surface area (Å²) in [6.45, 7) is 7.50. The average Bonchev–Trinajstić information content (AvgIpc) is 2.05. The summed E-state index contributed by atoms with van der Waals surface area (Å²) >= 11 is 6.43. The van der Waals surface area contributed by atoms with Gasteiger partial charge in [0.25, 0.3) is 0 Å². The zero-order chi connectivity index (χ0) is 10.1. The molecular formula is C9H18O2S2. The van der Waals surface area contributed by atoms with Crippen LogP contribution in [0.5, 0.6) is 0 Å². The molecule has 0 amide bonds. The molecule has 2 nitrogen and oxygen atoms in total. The summed E-state index contributed by atoms with van der Waals surface area (Å²) in [7, 11) is 0. The van der Waals surface area contributed by atoms with Crippen LogP contribution >= 0.6 is 24.0 Å². The Labute approximate surface area is 90.4 Å². The molecule has 0 fully saturated rings. The molecule has 0 aliphatic rings. The molecule has 0 aliphatic carbocycles. The Balaban J connectivity index is 3.38. The molecule has 0 spiro atoms. The van der Waals surface area contributed by atoms with Crippen LogP contribution in [0.2, 0.25) is 0 Å². The van der Waals surface area contributed by atoms with Crippen molar-refractivity contribution in [2.45, 2.75) is 39.0 Å². The lowest BCUT2D eigenvalue weighted by Gasteiger charge is -2.12. The normalized spacial score (nSPS) is 12.5. The fourth-order valence-corrected chi connectivity index (χ4v) is 1.86. The molecule has 0 rings (SSSR count). The molecule has 0 heterocycles. The van der Waals surface area contributed by atoms with Gasteiger partial charge in [-0.2, -0.15) is 0 Å². The number of ether oxygens (including phenoxy) is 2. The van der Waals surface area contributed by atoms with E-state index in [1.165, 1.54) is 11.8 Å². The minimum Gasteiger partial charge on any atom is -0.479 e. The molecule has 13 heavy (non-hydrogen) atoms. The van der Waals surface area contributed by atoms with Gasteiger partial charge in [-0.25, -0.2) is 0 Å². The largest absolute Gasteiger partial charge is 0.479 e. The Hall–Kier alpha value is 0.200. The molecule has 0 aromatic carbocycles. The quantitative estimate of drug-likeness (QED) is 0.390. The topological polar surface area (TPSA) is 18.5 Å². The van der Waals surface area contributed by atoms with Crippen molar-refractivity contribution in [2.24, 2.45) is 0 Å². The van der Waals surface area contributed by atoms with Gasteiger partial charge in [0, 0.05) is 6.61 Å². The minimum absolute atomic E-state index is 0.102. The molecule has 0 bridgehead atoms. The van der Waals surface area contributed by atoms with E-state index >= 15 is 0 Å². The highest BCUT2D eigenvalue weighted by Crippen LogP contribution is 2.15. The minimum atomic E-state index is 0.102. The standard InChI is InChI=1S/C9H18O2S2/c1-4-6-7-11-8(3)13-9(12)10-5-2/h8H,4-7H2,1-3H3. The lowest BCUT2D eigenvalue weighted by Crippen LogP contribution is -2.09. The van der Waals surface area contributed by atoms with Crippen molar-refractivity contribution < 1.29 is 9.47 Å². The maximum atomic E-state index is 5.49. The molecule has 0 N–H and O–H groups in total. The molecule has 0 aromatic rings. The first-order chi connectivity index (χ1) is 6.20. The summed E-state index contributed by atoms with van der Waals surface area (Å²) in [5.74, 6) is 0. The number of thiocarbonyl (C=S) groups is 1. The molecular weight excluding hydrogens is 204 g/mol. The number of hydrogen-bond donors (Lipinski definition) is 0. The van der Waals surface area contributed by atoms with Gasteiger partial charge in [-0.05, 0) is 44.2 Å². The molecule has 4 heteroatoms. The van der Waals surface area contributed by atoms with Crippen molar-refractivity contribution in [3.8, 4) is 0 Å². The third kappa shape index (κ3) is 8.53. The fraction of sp³-hybridized carbons (Fsp3) is 0.889. The van der Waals surface area contributed by atoms with Crippen LogP contribution in [-0.4, -0.2) is 23.0 Å². The Morgan fingerprint density at radius 2 is 2.15 bits per heavy atom. The predicted molar refractivity (Wildman–Crippen MR) is 62.1 cm³/mol. The summed E-state index contributed by atoms with van der Waals surface area (Å²) in [5.41, 5.74) is 0.102. The molecule has 0 saturated carbocycles. The SMILES string of the molecule is CCCCOC(C)SC(=S)OCC. The summed E-state index contributed by atoms with van der Waals surface area (Å²) in [4.78, 5) is 0. The Morgan fingerprint density at radius 3 is 2.69 bits per heavy atom. The lowest BCUT2D eigenvalue weighted by atomic mass is 10.4. The molecule has 78 valence electrons. The van der Waals surface area contributed by atoms with Crippen LogP contribution in [0.15, 0.2) is 0 Å². The van der Waals surface area contributed by atoms with Gasteiger partial charge < -0.3 is 9.47 Å². The van der Waals surface area contributed by atoms with Crippen LogP contribution in [0.3, 0.4) is 0 Å². The Bertz CT molecular complexity index is 140. The van der Waals surface area contributed by atoms with Crippen LogP contribution in [0.25, 0.3) is 0 Å². The second-order valence-electron chi connectivity index (χ2n) is 2.59. The van der Waals surface area contributed by atoms with Crippen molar-refractivity contribution in [1.82, 2.24) is 0 Å². The smallest absolute Gasteiger partial charge is 0.222 e. The van der Waals surface area contributed by atoms with Crippen molar-refractivity contribution in [2.75, 3.05) is 13.2 Å². The van der Waals surface area contributed by atoms with Crippen LogP contribution in [0, 0.1) is 0 Å². The zero-order valence-corrected chi connectivity index (χ0v) is 10.2. The summed E-state index contributed by atoms with van der Waals surface area (Å²) in [6.07, 6.45) is 2.26. The van der Waals surface area contributed by atoms with Gasteiger partial charge in [0.15, 0.2) is 0 Å². The first-order valence-electron chi connectivity index (χ1n) is 4.65. The molecule has 0 radical (unpaired) electrons. The van der Waals surface area contributed by atoms with E-state index in [1.807, 2.05) is 13.8 Å². The summed E-state index contributed by atoms with van der Waals surface area (Å²) in [5, 5.41) is 0. The monoisotopic (exact) mass is 222 g/mol. The van der Waals surface area contributed by atoms with Crippen LogP contribution in [0.4, 0.5) is 0 Å². The van der Waals surface area contributed by atoms with Gasteiger partial charge in [-0.15, -0.1) is 0 Å². The number of thioether (sulfide) groups is 1. The predicted octanol–water partition coefficient (Wildman–Crippen LogP) is 3.20. The van der Waals surface area contributed by atoms with Gasteiger partial charge >= 0.3 is 0 Å². The highest BCUT2D eigenvalue weighted by molar-refractivity contribution is 8.22. The molecule has 1 atom stereocenters. The first kappa shape index (κ1) is 13.2. The van der Waals surface area contributed by atoms with E-state index in [1.54, 1.807) is 0 Å². The van der Waals surface area contributed by atoms with Crippen molar-refractivity contribution in [1.29, 1.82) is 0 Å². The number of rotatable bonds is 6. The lowest BCUT2D eigenvalue weighted by molar-refractivity contribution is 0.121. The molecule has 1 unspecified atom stereocenters. The third-order valence-corrected chi connectivity index (χ3v) is 2.56. The van der Waals surface area contributed by atoms with Crippen LogP contribution < -0.4 is 0 Å². The number of unbranched alkanes of at least 4 members (excludes halogenated alkanes) is 1. The van der Waals surface area contributed by atoms with Gasteiger partial charge in [-0.1, -0.05) is 13.3 Å². The summed E-state index contributed by atoms with van der Waals surface area (Å²) < 4.78 is 11.2.